The summed E-state index contributed by atoms with van der Waals surface area (Å²) in [6.45, 7) is 4.43. The summed E-state index contributed by atoms with van der Waals surface area (Å²) in [6, 6.07) is 20.9. The number of urea groups is 1. The van der Waals surface area contributed by atoms with Gasteiger partial charge < -0.3 is 19.7 Å². The first-order chi connectivity index (χ1) is 17.5. The maximum atomic E-state index is 13.7. The SMILES string of the molecule is CCOc1ccc(-n2c(C(CC)N(C)C(=O)Nc3ccc(OC)cc3)nc3ccccc3c2=O)cc1. The molecule has 0 spiro atoms. The Kier molecular flexibility index (Phi) is 7.53. The zero-order valence-corrected chi connectivity index (χ0v) is 20.9. The molecule has 0 radical (unpaired) electrons. The lowest BCUT2D eigenvalue weighted by molar-refractivity contribution is 0.199. The minimum absolute atomic E-state index is 0.192. The van der Waals surface area contributed by atoms with Gasteiger partial charge in [0.05, 0.1) is 36.3 Å². The van der Waals surface area contributed by atoms with Crippen LogP contribution in [0.2, 0.25) is 0 Å². The number of aromatic nitrogens is 2. The molecule has 36 heavy (non-hydrogen) atoms. The van der Waals surface area contributed by atoms with Gasteiger partial charge in [0, 0.05) is 12.7 Å². The number of fused-ring (bicyclic) bond motifs is 1. The van der Waals surface area contributed by atoms with Crippen LogP contribution in [0.3, 0.4) is 0 Å². The fraction of sp³-hybridized carbons (Fsp3) is 0.250. The Balaban J connectivity index is 1.76. The number of para-hydroxylation sites is 1. The van der Waals surface area contributed by atoms with Crippen LogP contribution in [0, 0.1) is 0 Å². The summed E-state index contributed by atoms with van der Waals surface area (Å²) < 4.78 is 12.3. The molecule has 1 unspecified atom stereocenters. The van der Waals surface area contributed by atoms with Gasteiger partial charge in [0.25, 0.3) is 5.56 Å². The largest absolute Gasteiger partial charge is 0.497 e. The van der Waals surface area contributed by atoms with Crippen molar-refractivity contribution in [3.8, 4) is 17.2 Å². The van der Waals surface area contributed by atoms with E-state index in [-0.39, 0.29) is 11.6 Å². The summed E-state index contributed by atoms with van der Waals surface area (Å²) in [5.74, 6) is 1.90. The van der Waals surface area contributed by atoms with Crippen molar-refractivity contribution in [1.29, 1.82) is 0 Å². The number of hydrogen-bond acceptors (Lipinski definition) is 5. The van der Waals surface area contributed by atoms with Crippen LogP contribution in [0.1, 0.15) is 32.1 Å². The summed E-state index contributed by atoms with van der Waals surface area (Å²) in [6.07, 6.45) is 0.550. The lowest BCUT2D eigenvalue weighted by Gasteiger charge is -2.29. The Morgan fingerprint density at radius 2 is 1.67 bits per heavy atom. The van der Waals surface area contributed by atoms with Crippen molar-refractivity contribution in [3.63, 3.8) is 0 Å². The molecular weight excluding hydrogens is 456 g/mol. The van der Waals surface area contributed by atoms with Crippen LogP contribution in [-0.2, 0) is 0 Å². The predicted molar refractivity (Wildman–Crippen MR) is 141 cm³/mol. The van der Waals surface area contributed by atoms with E-state index in [0.717, 1.165) is 0 Å². The molecule has 0 bridgehead atoms. The van der Waals surface area contributed by atoms with Crippen molar-refractivity contribution in [1.82, 2.24) is 14.5 Å². The van der Waals surface area contributed by atoms with Gasteiger partial charge in [-0.05, 0) is 74.0 Å². The zero-order chi connectivity index (χ0) is 25.7. The number of nitrogens with zero attached hydrogens (tertiary/aromatic N) is 3. The molecule has 186 valence electrons. The van der Waals surface area contributed by atoms with E-state index in [1.54, 1.807) is 54.0 Å². The number of carbonyl (C=O) groups is 1. The summed E-state index contributed by atoms with van der Waals surface area (Å²) in [5.41, 5.74) is 1.68. The average molecular weight is 487 g/mol. The van der Waals surface area contributed by atoms with Crippen LogP contribution in [0.25, 0.3) is 16.6 Å². The van der Waals surface area contributed by atoms with Gasteiger partial charge in [0.15, 0.2) is 0 Å². The number of carbonyl (C=O) groups excluding carboxylic acids is 1. The quantitative estimate of drug-likeness (QED) is 0.360. The second-order valence-electron chi connectivity index (χ2n) is 8.25. The third-order valence-corrected chi connectivity index (χ3v) is 6.02. The third-order valence-electron chi connectivity index (χ3n) is 6.02. The molecule has 0 aliphatic heterocycles. The van der Waals surface area contributed by atoms with Gasteiger partial charge in [-0.2, -0.15) is 0 Å². The van der Waals surface area contributed by atoms with Crippen LogP contribution in [0.4, 0.5) is 10.5 Å². The molecule has 1 atom stereocenters. The molecule has 1 heterocycles. The fourth-order valence-corrected chi connectivity index (χ4v) is 4.14. The number of nitrogens with one attached hydrogen (secondary N) is 1. The summed E-state index contributed by atoms with van der Waals surface area (Å²) in [7, 11) is 3.30. The van der Waals surface area contributed by atoms with Gasteiger partial charge in [-0.25, -0.2) is 9.78 Å². The minimum Gasteiger partial charge on any atom is -0.497 e. The van der Waals surface area contributed by atoms with E-state index in [2.05, 4.69) is 5.32 Å². The Morgan fingerprint density at radius 1 is 1.00 bits per heavy atom. The molecular formula is C28H30N4O4. The molecule has 4 aromatic rings. The molecule has 4 rings (SSSR count). The van der Waals surface area contributed by atoms with Crippen molar-refractivity contribution in [2.24, 2.45) is 0 Å². The Labute approximate surface area is 210 Å². The molecule has 8 nitrogen and oxygen atoms in total. The van der Waals surface area contributed by atoms with Crippen LogP contribution >= 0.6 is 0 Å². The van der Waals surface area contributed by atoms with Gasteiger partial charge in [-0.15, -0.1) is 0 Å². The van der Waals surface area contributed by atoms with E-state index in [1.165, 1.54) is 0 Å². The molecule has 8 heteroatoms. The first-order valence-electron chi connectivity index (χ1n) is 11.9. The molecule has 1 N–H and O–H groups in total. The van der Waals surface area contributed by atoms with E-state index in [0.29, 0.717) is 52.6 Å². The Bertz CT molecular complexity index is 1400. The standard InChI is InChI=1S/C28H30N4O4/c1-5-25(31(3)28(34)29-19-11-15-21(35-4)16-12-19)26-30-24-10-8-7-9-23(24)27(33)32(26)20-13-17-22(18-14-20)36-6-2/h7-18,25H,5-6H2,1-4H3,(H,29,34). The highest BCUT2D eigenvalue weighted by atomic mass is 16.5. The van der Waals surface area contributed by atoms with E-state index in [4.69, 9.17) is 14.5 Å². The Hall–Kier alpha value is -4.33. The first-order valence-corrected chi connectivity index (χ1v) is 11.9. The van der Waals surface area contributed by atoms with Crippen LogP contribution < -0.4 is 20.3 Å². The van der Waals surface area contributed by atoms with Crippen LogP contribution in [0.5, 0.6) is 11.5 Å². The molecule has 0 fully saturated rings. The number of ether oxygens (including phenoxy) is 2. The van der Waals surface area contributed by atoms with E-state index in [1.807, 2.05) is 56.3 Å². The maximum absolute atomic E-state index is 13.7. The van der Waals surface area contributed by atoms with E-state index in [9.17, 15) is 9.59 Å². The van der Waals surface area contributed by atoms with E-state index < -0.39 is 6.04 Å². The summed E-state index contributed by atoms with van der Waals surface area (Å²) in [4.78, 5) is 33.3. The van der Waals surface area contributed by atoms with Crippen molar-refractivity contribution in [2.45, 2.75) is 26.3 Å². The van der Waals surface area contributed by atoms with Crippen LogP contribution in [-0.4, -0.2) is 41.2 Å². The summed E-state index contributed by atoms with van der Waals surface area (Å²) in [5, 5.41) is 3.42. The topological polar surface area (TPSA) is 85.7 Å². The number of methoxy groups -OCH3 is 1. The van der Waals surface area contributed by atoms with Crippen molar-refractivity contribution in [3.05, 3.63) is 89.0 Å². The molecule has 3 aromatic carbocycles. The molecule has 0 aliphatic carbocycles. The van der Waals surface area contributed by atoms with Gasteiger partial charge in [-0.3, -0.25) is 9.36 Å². The highest BCUT2D eigenvalue weighted by Crippen LogP contribution is 2.26. The highest BCUT2D eigenvalue weighted by Gasteiger charge is 2.26. The fourth-order valence-electron chi connectivity index (χ4n) is 4.14. The monoisotopic (exact) mass is 486 g/mol. The average Bonchev–Trinajstić information content (AvgIpc) is 2.90. The maximum Gasteiger partial charge on any atom is 0.322 e. The lowest BCUT2D eigenvalue weighted by Crippen LogP contribution is -2.38. The van der Waals surface area contributed by atoms with Gasteiger partial charge in [0.2, 0.25) is 0 Å². The van der Waals surface area contributed by atoms with Crippen molar-refractivity contribution in [2.75, 3.05) is 26.1 Å². The van der Waals surface area contributed by atoms with Crippen molar-refractivity contribution < 1.29 is 14.3 Å². The molecule has 0 saturated carbocycles. The van der Waals surface area contributed by atoms with Gasteiger partial charge in [-0.1, -0.05) is 19.1 Å². The van der Waals surface area contributed by atoms with E-state index >= 15 is 0 Å². The second kappa shape index (κ2) is 10.9. The number of amides is 2. The molecule has 0 saturated heterocycles. The zero-order valence-electron chi connectivity index (χ0n) is 20.9. The highest BCUT2D eigenvalue weighted by molar-refractivity contribution is 5.89. The normalized spacial score (nSPS) is 11.7. The van der Waals surface area contributed by atoms with Gasteiger partial charge >= 0.3 is 6.03 Å². The number of benzene rings is 3. The smallest absolute Gasteiger partial charge is 0.322 e. The predicted octanol–water partition coefficient (Wildman–Crippen LogP) is 5.41. The number of anilines is 1. The second-order valence-corrected chi connectivity index (χ2v) is 8.25. The number of hydrogen-bond donors (Lipinski definition) is 1. The lowest BCUT2D eigenvalue weighted by atomic mass is 10.1. The third kappa shape index (κ3) is 5.02. The summed E-state index contributed by atoms with van der Waals surface area (Å²) >= 11 is 0. The molecule has 1 aromatic heterocycles. The number of rotatable bonds is 8. The Morgan fingerprint density at radius 3 is 2.31 bits per heavy atom. The molecule has 0 aliphatic rings. The van der Waals surface area contributed by atoms with Crippen molar-refractivity contribution >= 4 is 22.6 Å². The molecule has 2 amide bonds. The minimum atomic E-state index is -0.466. The van der Waals surface area contributed by atoms with Crippen LogP contribution in [0.15, 0.2) is 77.6 Å². The first kappa shape index (κ1) is 24.8. The van der Waals surface area contributed by atoms with Gasteiger partial charge in [0.1, 0.15) is 17.3 Å².